The van der Waals surface area contributed by atoms with Gasteiger partial charge in [-0.15, -0.1) is 0 Å². The van der Waals surface area contributed by atoms with Gasteiger partial charge in [-0.25, -0.2) is 0 Å². The van der Waals surface area contributed by atoms with E-state index < -0.39 is 6.10 Å². The van der Waals surface area contributed by atoms with E-state index in [0.29, 0.717) is 6.54 Å². The first-order chi connectivity index (χ1) is 7.84. The summed E-state index contributed by atoms with van der Waals surface area (Å²) in [4.78, 5) is 0. The van der Waals surface area contributed by atoms with Gasteiger partial charge in [-0.1, -0.05) is 30.3 Å². The SMILES string of the molecule is COCCCCNCC(O)c1ccccc1. The first-order valence-electron chi connectivity index (χ1n) is 5.77. The zero-order valence-electron chi connectivity index (χ0n) is 9.86. The van der Waals surface area contributed by atoms with Crippen molar-refractivity contribution in [1.82, 2.24) is 5.32 Å². The molecule has 0 aromatic heterocycles. The standard InChI is InChI=1S/C13H21NO2/c1-16-10-6-5-9-14-11-13(15)12-7-3-2-4-8-12/h2-4,7-8,13-15H,5-6,9-11H2,1H3. The number of hydrogen-bond donors (Lipinski definition) is 2. The van der Waals surface area contributed by atoms with Gasteiger partial charge in [0.1, 0.15) is 0 Å². The predicted molar refractivity (Wildman–Crippen MR) is 65.4 cm³/mol. The van der Waals surface area contributed by atoms with Crippen LogP contribution >= 0.6 is 0 Å². The minimum Gasteiger partial charge on any atom is -0.387 e. The second kappa shape index (κ2) is 8.28. The molecule has 0 aliphatic carbocycles. The quantitative estimate of drug-likeness (QED) is 0.660. The molecular weight excluding hydrogens is 202 g/mol. The van der Waals surface area contributed by atoms with E-state index in [1.54, 1.807) is 7.11 Å². The number of aliphatic hydroxyl groups is 1. The monoisotopic (exact) mass is 223 g/mol. The Bertz CT molecular complexity index is 264. The van der Waals surface area contributed by atoms with Crippen LogP contribution < -0.4 is 5.32 Å². The fourth-order valence-corrected chi connectivity index (χ4v) is 1.53. The molecule has 0 heterocycles. The number of methoxy groups -OCH3 is 1. The Labute approximate surface area is 97.4 Å². The highest BCUT2D eigenvalue weighted by Crippen LogP contribution is 2.10. The van der Waals surface area contributed by atoms with E-state index in [0.717, 1.165) is 31.6 Å². The molecule has 1 aromatic rings. The molecule has 1 aromatic carbocycles. The molecule has 1 atom stereocenters. The first-order valence-corrected chi connectivity index (χ1v) is 5.77. The lowest BCUT2D eigenvalue weighted by Crippen LogP contribution is -2.22. The summed E-state index contributed by atoms with van der Waals surface area (Å²) in [7, 11) is 1.71. The Morgan fingerprint density at radius 3 is 2.69 bits per heavy atom. The van der Waals surface area contributed by atoms with E-state index in [1.807, 2.05) is 30.3 Å². The highest BCUT2D eigenvalue weighted by Gasteiger charge is 2.04. The smallest absolute Gasteiger partial charge is 0.0914 e. The second-order valence-electron chi connectivity index (χ2n) is 3.83. The summed E-state index contributed by atoms with van der Waals surface area (Å²) in [5.74, 6) is 0. The minimum atomic E-state index is -0.413. The summed E-state index contributed by atoms with van der Waals surface area (Å²) >= 11 is 0. The Morgan fingerprint density at radius 2 is 2.00 bits per heavy atom. The summed E-state index contributed by atoms with van der Waals surface area (Å²) in [6.07, 6.45) is 1.73. The summed E-state index contributed by atoms with van der Waals surface area (Å²) in [6.45, 7) is 2.34. The molecule has 16 heavy (non-hydrogen) atoms. The van der Waals surface area contributed by atoms with Crippen molar-refractivity contribution in [3.05, 3.63) is 35.9 Å². The third-order valence-electron chi connectivity index (χ3n) is 2.47. The highest BCUT2D eigenvalue weighted by molar-refractivity contribution is 5.17. The Morgan fingerprint density at radius 1 is 1.25 bits per heavy atom. The molecule has 3 nitrogen and oxygen atoms in total. The van der Waals surface area contributed by atoms with Gasteiger partial charge < -0.3 is 15.2 Å². The first kappa shape index (κ1) is 13.2. The molecule has 0 fully saturated rings. The van der Waals surface area contributed by atoms with Crippen molar-refractivity contribution in [2.75, 3.05) is 26.8 Å². The third-order valence-corrected chi connectivity index (χ3v) is 2.47. The minimum absolute atomic E-state index is 0.413. The molecule has 1 rings (SSSR count). The molecule has 0 amide bonds. The van der Waals surface area contributed by atoms with Crippen molar-refractivity contribution in [1.29, 1.82) is 0 Å². The molecule has 3 heteroatoms. The number of nitrogens with one attached hydrogen (secondary N) is 1. The molecule has 0 saturated carbocycles. The van der Waals surface area contributed by atoms with E-state index in [2.05, 4.69) is 5.32 Å². The van der Waals surface area contributed by atoms with Crippen LogP contribution in [-0.4, -0.2) is 31.9 Å². The number of benzene rings is 1. The van der Waals surface area contributed by atoms with Crippen LogP contribution in [0.15, 0.2) is 30.3 Å². The molecule has 0 spiro atoms. The molecule has 0 saturated heterocycles. The van der Waals surface area contributed by atoms with Crippen LogP contribution in [0.3, 0.4) is 0 Å². The molecule has 0 aliphatic heterocycles. The number of unbranched alkanes of at least 4 members (excludes halogenated alkanes) is 1. The molecular formula is C13H21NO2. The normalized spacial score (nSPS) is 12.6. The van der Waals surface area contributed by atoms with Gasteiger partial charge >= 0.3 is 0 Å². The Hall–Kier alpha value is -0.900. The van der Waals surface area contributed by atoms with E-state index >= 15 is 0 Å². The van der Waals surface area contributed by atoms with Crippen LogP contribution in [0.1, 0.15) is 24.5 Å². The van der Waals surface area contributed by atoms with Gasteiger partial charge in [0.2, 0.25) is 0 Å². The maximum absolute atomic E-state index is 9.84. The average Bonchev–Trinajstić information content (AvgIpc) is 2.34. The molecule has 0 aliphatic rings. The zero-order valence-corrected chi connectivity index (χ0v) is 9.86. The van der Waals surface area contributed by atoms with Crippen LogP contribution in [0.4, 0.5) is 0 Å². The fourth-order valence-electron chi connectivity index (χ4n) is 1.53. The topological polar surface area (TPSA) is 41.5 Å². The number of hydrogen-bond acceptors (Lipinski definition) is 3. The summed E-state index contributed by atoms with van der Waals surface area (Å²) in [6, 6.07) is 9.72. The Kier molecular flexibility index (Phi) is 6.81. The van der Waals surface area contributed by atoms with Gasteiger partial charge in [0.25, 0.3) is 0 Å². The predicted octanol–water partition coefficient (Wildman–Crippen LogP) is 1.74. The summed E-state index contributed by atoms with van der Waals surface area (Å²) in [5.41, 5.74) is 0.965. The van der Waals surface area contributed by atoms with Gasteiger partial charge in [0, 0.05) is 20.3 Å². The van der Waals surface area contributed by atoms with Crippen LogP contribution in [0.5, 0.6) is 0 Å². The number of aliphatic hydroxyl groups excluding tert-OH is 1. The van der Waals surface area contributed by atoms with Crippen molar-refractivity contribution in [2.45, 2.75) is 18.9 Å². The average molecular weight is 223 g/mol. The van der Waals surface area contributed by atoms with Crippen LogP contribution in [0, 0.1) is 0 Å². The van der Waals surface area contributed by atoms with Gasteiger partial charge in [-0.3, -0.25) is 0 Å². The summed E-state index contributed by atoms with van der Waals surface area (Å²) < 4.78 is 4.96. The number of ether oxygens (including phenoxy) is 1. The summed E-state index contributed by atoms with van der Waals surface area (Å²) in [5, 5.41) is 13.1. The maximum atomic E-state index is 9.84. The molecule has 0 radical (unpaired) electrons. The number of rotatable bonds is 8. The molecule has 90 valence electrons. The van der Waals surface area contributed by atoms with Gasteiger partial charge in [-0.2, -0.15) is 0 Å². The van der Waals surface area contributed by atoms with E-state index in [9.17, 15) is 5.11 Å². The van der Waals surface area contributed by atoms with E-state index in [1.165, 1.54) is 0 Å². The fraction of sp³-hybridized carbons (Fsp3) is 0.538. The maximum Gasteiger partial charge on any atom is 0.0914 e. The van der Waals surface area contributed by atoms with Crippen molar-refractivity contribution in [3.8, 4) is 0 Å². The van der Waals surface area contributed by atoms with E-state index in [-0.39, 0.29) is 0 Å². The van der Waals surface area contributed by atoms with Gasteiger partial charge in [0.15, 0.2) is 0 Å². The van der Waals surface area contributed by atoms with Gasteiger partial charge in [-0.05, 0) is 24.9 Å². The van der Waals surface area contributed by atoms with E-state index in [4.69, 9.17) is 4.74 Å². The Balaban J connectivity index is 2.09. The van der Waals surface area contributed by atoms with Crippen LogP contribution in [0.25, 0.3) is 0 Å². The highest BCUT2D eigenvalue weighted by atomic mass is 16.5. The van der Waals surface area contributed by atoms with Crippen LogP contribution in [-0.2, 0) is 4.74 Å². The molecule has 1 unspecified atom stereocenters. The van der Waals surface area contributed by atoms with Crippen molar-refractivity contribution < 1.29 is 9.84 Å². The van der Waals surface area contributed by atoms with Crippen molar-refractivity contribution in [2.24, 2.45) is 0 Å². The zero-order chi connectivity index (χ0) is 11.6. The van der Waals surface area contributed by atoms with Crippen molar-refractivity contribution >= 4 is 0 Å². The largest absolute Gasteiger partial charge is 0.387 e. The lowest BCUT2D eigenvalue weighted by Gasteiger charge is -2.11. The second-order valence-corrected chi connectivity index (χ2v) is 3.83. The lowest BCUT2D eigenvalue weighted by molar-refractivity contribution is 0.172. The van der Waals surface area contributed by atoms with Crippen LogP contribution in [0.2, 0.25) is 0 Å². The third kappa shape index (κ3) is 5.26. The van der Waals surface area contributed by atoms with Gasteiger partial charge in [0.05, 0.1) is 6.10 Å². The van der Waals surface area contributed by atoms with Crippen molar-refractivity contribution in [3.63, 3.8) is 0 Å². The molecule has 0 bridgehead atoms. The molecule has 2 N–H and O–H groups in total. The lowest BCUT2D eigenvalue weighted by atomic mass is 10.1.